The molecule has 1 aliphatic heterocycles. The summed E-state index contributed by atoms with van der Waals surface area (Å²) in [5.41, 5.74) is 1.80. The van der Waals surface area contributed by atoms with Gasteiger partial charge in [-0.2, -0.15) is 0 Å². The van der Waals surface area contributed by atoms with Gasteiger partial charge in [-0.15, -0.1) is 0 Å². The molecule has 0 amide bonds. The lowest BCUT2D eigenvalue weighted by Crippen LogP contribution is -2.46. The Balaban J connectivity index is 2.17. The number of piperidine rings is 1. The summed E-state index contributed by atoms with van der Waals surface area (Å²) in [4.78, 5) is 2.26. The van der Waals surface area contributed by atoms with Gasteiger partial charge < -0.3 is 15.3 Å². The Bertz CT molecular complexity index is 448. The van der Waals surface area contributed by atoms with E-state index in [2.05, 4.69) is 23.2 Å². The van der Waals surface area contributed by atoms with Crippen LogP contribution in [0, 0.1) is 0 Å². The van der Waals surface area contributed by atoms with Gasteiger partial charge in [0, 0.05) is 30.3 Å². The first-order valence-corrected chi connectivity index (χ1v) is 7.86. The Labute approximate surface area is 126 Å². The molecule has 0 saturated carbocycles. The zero-order valence-electron chi connectivity index (χ0n) is 12.5. The van der Waals surface area contributed by atoms with Crippen LogP contribution >= 0.6 is 11.6 Å². The van der Waals surface area contributed by atoms with Gasteiger partial charge in [0.25, 0.3) is 0 Å². The van der Waals surface area contributed by atoms with E-state index < -0.39 is 5.60 Å². The normalized spacial score (nSPS) is 23.1. The van der Waals surface area contributed by atoms with Crippen LogP contribution in [0.25, 0.3) is 0 Å². The Morgan fingerprint density at radius 3 is 2.95 bits per heavy atom. The monoisotopic (exact) mass is 296 g/mol. The second-order valence-electron chi connectivity index (χ2n) is 5.97. The number of benzene rings is 1. The van der Waals surface area contributed by atoms with E-state index >= 15 is 0 Å². The topological polar surface area (TPSA) is 35.5 Å². The van der Waals surface area contributed by atoms with Crippen LogP contribution in [0.3, 0.4) is 0 Å². The fourth-order valence-corrected chi connectivity index (χ4v) is 2.97. The maximum atomic E-state index is 10.3. The highest BCUT2D eigenvalue weighted by molar-refractivity contribution is 6.30. The zero-order chi connectivity index (χ0) is 14.6. The van der Waals surface area contributed by atoms with Crippen LogP contribution in [0.15, 0.2) is 18.2 Å². The molecule has 0 aliphatic carbocycles. The molecule has 2 N–H and O–H groups in total. The third kappa shape index (κ3) is 4.11. The lowest BCUT2D eigenvalue weighted by atomic mass is 9.94. The summed E-state index contributed by atoms with van der Waals surface area (Å²) >= 11 is 6.16. The molecule has 1 aromatic rings. The summed E-state index contributed by atoms with van der Waals surface area (Å²) in [6, 6.07) is 6.05. The molecule has 1 fully saturated rings. The van der Waals surface area contributed by atoms with E-state index in [-0.39, 0.29) is 0 Å². The summed E-state index contributed by atoms with van der Waals surface area (Å²) in [6.07, 6.45) is 3.01. The highest BCUT2D eigenvalue weighted by atomic mass is 35.5. The zero-order valence-corrected chi connectivity index (χ0v) is 13.2. The lowest BCUT2D eigenvalue weighted by molar-refractivity contribution is 0.0449. The van der Waals surface area contributed by atoms with Crippen LogP contribution < -0.4 is 10.2 Å². The van der Waals surface area contributed by atoms with Crippen molar-refractivity contribution in [2.24, 2.45) is 0 Å². The third-order valence-electron chi connectivity index (χ3n) is 3.81. The maximum absolute atomic E-state index is 10.3. The molecule has 1 aliphatic rings. The highest BCUT2D eigenvalue weighted by Crippen LogP contribution is 2.30. The largest absolute Gasteiger partial charge is 0.388 e. The van der Waals surface area contributed by atoms with Gasteiger partial charge in [0.1, 0.15) is 0 Å². The summed E-state index contributed by atoms with van der Waals surface area (Å²) in [7, 11) is 0. The van der Waals surface area contributed by atoms with Crippen LogP contribution in [0.4, 0.5) is 5.69 Å². The Morgan fingerprint density at radius 1 is 1.45 bits per heavy atom. The molecule has 1 heterocycles. The molecule has 1 aromatic carbocycles. The lowest BCUT2D eigenvalue weighted by Gasteiger charge is -2.39. The first kappa shape index (κ1) is 15.6. The van der Waals surface area contributed by atoms with Gasteiger partial charge in [0.05, 0.1) is 5.60 Å². The quantitative estimate of drug-likeness (QED) is 0.819. The van der Waals surface area contributed by atoms with E-state index in [1.807, 2.05) is 19.1 Å². The average molecular weight is 297 g/mol. The minimum atomic E-state index is -0.602. The molecule has 1 saturated heterocycles. The SMILES string of the molecule is CCCNCc1ccc(Cl)cc1N1CCCC(C)(O)C1. The Hall–Kier alpha value is -0.770. The molecule has 112 valence electrons. The van der Waals surface area contributed by atoms with Crippen LogP contribution in [-0.4, -0.2) is 30.3 Å². The molecule has 3 nitrogen and oxygen atoms in total. The molecule has 1 unspecified atom stereocenters. The number of aliphatic hydroxyl groups is 1. The average Bonchev–Trinajstić information content (AvgIpc) is 2.39. The standard InChI is InChI=1S/C16H25ClN2O/c1-3-8-18-11-13-5-6-14(17)10-15(13)19-9-4-7-16(2,20)12-19/h5-6,10,18,20H,3-4,7-9,11-12H2,1-2H3. The minimum absolute atomic E-state index is 0.602. The van der Waals surface area contributed by atoms with E-state index in [0.717, 1.165) is 49.6 Å². The molecular formula is C16H25ClN2O. The number of hydrogen-bond acceptors (Lipinski definition) is 3. The van der Waals surface area contributed by atoms with Crippen molar-refractivity contribution in [2.75, 3.05) is 24.5 Å². The summed E-state index contributed by atoms with van der Waals surface area (Å²) in [5.74, 6) is 0. The number of nitrogens with zero attached hydrogens (tertiary/aromatic N) is 1. The van der Waals surface area contributed by atoms with Crippen molar-refractivity contribution in [3.8, 4) is 0 Å². The second kappa shape index (κ2) is 6.79. The Morgan fingerprint density at radius 2 is 2.25 bits per heavy atom. The number of rotatable bonds is 5. The van der Waals surface area contributed by atoms with Crippen LogP contribution in [0.5, 0.6) is 0 Å². The summed E-state index contributed by atoms with van der Waals surface area (Å²) in [5, 5.41) is 14.5. The second-order valence-corrected chi connectivity index (χ2v) is 6.41. The number of halogens is 1. The van der Waals surface area contributed by atoms with E-state index in [0.29, 0.717) is 6.54 Å². The molecule has 0 radical (unpaired) electrons. The number of hydrogen-bond donors (Lipinski definition) is 2. The molecule has 4 heteroatoms. The van der Waals surface area contributed by atoms with Crippen LogP contribution in [0.1, 0.15) is 38.7 Å². The van der Waals surface area contributed by atoms with E-state index in [1.54, 1.807) is 0 Å². The van der Waals surface area contributed by atoms with Gasteiger partial charge >= 0.3 is 0 Å². The van der Waals surface area contributed by atoms with Gasteiger partial charge in [-0.05, 0) is 50.4 Å². The first-order chi connectivity index (χ1) is 9.52. The Kier molecular flexibility index (Phi) is 5.30. The molecule has 0 spiro atoms. The predicted octanol–water partition coefficient (Wildman–Crippen LogP) is 3.19. The van der Waals surface area contributed by atoms with Crippen molar-refractivity contribution in [1.82, 2.24) is 5.32 Å². The molecule has 1 atom stereocenters. The van der Waals surface area contributed by atoms with E-state index in [1.165, 1.54) is 5.56 Å². The van der Waals surface area contributed by atoms with Crippen molar-refractivity contribution in [2.45, 2.75) is 45.3 Å². The molecular weight excluding hydrogens is 272 g/mol. The number of β-amino-alcohol motifs (C(OH)–C–C–N with tert-alkyl or cyclic N) is 1. The molecule has 0 bridgehead atoms. The molecule has 2 rings (SSSR count). The van der Waals surface area contributed by atoms with E-state index in [4.69, 9.17) is 11.6 Å². The van der Waals surface area contributed by atoms with Crippen molar-refractivity contribution in [1.29, 1.82) is 0 Å². The van der Waals surface area contributed by atoms with Crippen molar-refractivity contribution in [3.63, 3.8) is 0 Å². The van der Waals surface area contributed by atoms with Gasteiger partial charge in [-0.25, -0.2) is 0 Å². The van der Waals surface area contributed by atoms with Gasteiger partial charge in [0.15, 0.2) is 0 Å². The smallest absolute Gasteiger partial charge is 0.0794 e. The minimum Gasteiger partial charge on any atom is -0.388 e. The number of nitrogens with one attached hydrogen (secondary N) is 1. The first-order valence-electron chi connectivity index (χ1n) is 7.48. The van der Waals surface area contributed by atoms with Crippen LogP contribution in [-0.2, 0) is 6.54 Å². The van der Waals surface area contributed by atoms with Gasteiger partial charge in [-0.1, -0.05) is 24.6 Å². The van der Waals surface area contributed by atoms with Gasteiger partial charge in [-0.3, -0.25) is 0 Å². The van der Waals surface area contributed by atoms with Crippen molar-refractivity contribution >= 4 is 17.3 Å². The fraction of sp³-hybridized carbons (Fsp3) is 0.625. The third-order valence-corrected chi connectivity index (χ3v) is 4.04. The summed E-state index contributed by atoms with van der Waals surface area (Å²) in [6.45, 7) is 7.60. The molecule has 20 heavy (non-hydrogen) atoms. The number of anilines is 1. The maximum Gasteiger partial charge on any atom is 0.0794 e. The highest BCUT2D eigenvalue weighted by Gasteiger charge is 2.29. The van der Waals surface area contributed by atoms with Crippen molar-refractivity contribution < 1.29 is 5.11 Å². The molecule has 0 aromatic heterocycles. The fourth-order valence-electron chi connectivity index (χ4n) is 2.81. The predicted molar refractivity (Wildman–Crippen MR) is 85.5 cm³/mol. The van der Waals surface area contributed by atoms with Gasteiger partial charge in [0.2, 0.25) is 0 Å². The van der Waals surface area contributed by atoms with Crippen molar-refractivity contribution in [3.05, 3.63) is 28.8 Å². The van der Waals surface area contributed by atoms with E-state index in [9.17, 15) is 5.11 Å². The summed E-state index contributed by atoms with van der Waals surface area (Å²) < 4.78 is 0. The van der Waals surface area contributed by atoms with Crippen LogP contribution in [0.2, 0.25) is 5.02 Å².